The van der Waals surface area contributed by atoms with Crippen LogP contribution < -0.4 is 0 Å². The van der Waals surface area contributed by atoms with E-state index in [0.29, 0.717) is 25.6 Å². The van der Waals surface area contributed by atoms with Crippen LogP contribution in [0.15, 0.2) is 0 Å². The molecule has 3 atom stereocenters. The number of hydrogen-bond acceptors (Lipinski definition) is 5. The van der Waals surface area contributed by atoms with Gasteiger partial charge in [0.1, 0.15) is 6.04 Å². The third-order valence-corrected chi connectivity index (χ3v) is 5.41. The van der Waals surface area contributed by atoms with E-state index in [4.69, 9.17) is 0 Å². The second-order valence-corrected chi connectivity index (χ2v) is 7.61. The smallest absolute Gasteiger partial charge is 0.236 e. The van der Waals surface area contributed by atoms with E-state index in [1.54, 1.807) is 0 Å². The highest BCUT2D eigenvalue weighted by Crippen LogP contribution is 2.20. The molecule has 0 aromatic heterocycles. The number of rotatable bonds is 5. The summed E-state index contributed by atoms with van der Waals surface area (Å²) in [6.07, 6.45) is 1.80. The molecular formula is C18H32N4O2. The summed E-state index contributed by atoms with van der Waals surface area (Å²) >= 11 is 0. The van der Waals surface area contributed by atoms with Crippen molar-refractivity contribution in [1.82, 2.24) is 14.7 Å². The summed E-state index contributed by atoms with van der Waals surface area (Å²) in [6.45, 7) is 11.2. The van der Waals surface area contributed by atoms with Crippen molar-refractivity contribution in [3.05, 3.63) is 0 Å². The molecule has 0 spiro atoms. The van der Waals surface area contributed by atoms with Crippen molar-refractivity contribution >= 4 is 5.91 Å². The Labute approximate surface area is 146 Å². The van der Waals surface area contributed by atoms with Gasteiger partial charge in [0, 0.05) is 32.7 Å². The predicted molar refractivity (Wildman–Crippen MR) is 93.2 cm³/mol. The van der Waals surface area contributed by atoms with Crippen molar-refractivity contribution < 1.29 is 9.90 Å². The van der Waals surface area contributed by atoms with E-state index in [-0.39, 0.29) is 24.0 Å². The Morgan fingerprint density at radius 1 is 1.21 bits per heavy atom. The molecule has 3 unspecified atom stereocenters. The van der Waals surface area contributed by atoms with Gasteiger partial charge in [-0.15, -0.1) is 0 Å². The van der Waals surface area contributed by atoms with Crippen LogP contribution in [0.25, 0.3) is 0 Å². The fraction of sp³-hybridized carbons (Fsp3) is 0.889. The summed E-state index contributed by atoms with van der Waals surface area (Å²) in [5.41, 5.74) is 0. The molecule has 1 amide bonds. The molecule has 0 radical (unpaired) electrons. The Kier molecular flexibility index (Phi) is 7.02. The molecule has 136 valence electrons. The van der Waals surface area contributed by atoms with Gasteiger partial charge in [-0.25, -0.2) is 0 Å². The summed E-state index contributed by atoms with van der Waals surface area (Å²) in [5, 5.41) is 19.1. The minimum absolute atomic E-state index is 0.0591. The van der Waals surface area contributed by atoms with E-state index >= 15 is 0 Å². The standard InChI is InChI=1S/C18H32N4O2/c1-14(2)17(11-19)21-7-9-22(10-8-21)18(24)13-20-6-4-5-16(12-20)15(3)23/h14-17,23H,4-10,12-13H2,1-3H3. The first-order valence-corrected chi connectivity index (χ1v) is 9.24. The topological polar surface area (TPSA) is 70.8 Å². The van der Waals surface area contributed by atoms with Crippen LogP contribution in [0, 0.1) is 23.2 Å². The number of hydrogen-bond donors (Lipinski definition) is 1. The fourth-order valence-electron chi connectivity index (χ4n) is 3.82. The summed E-state index contributed by atoms with van der Waals surface area (Å²) < 4.78 is 0. The number of amides is 1. The number of nitrogens with zero attached hydrogens (tertiary/aromatic N) is 4. The number of carbonyl (C=O) groups excluding carboxylic acids is 1. The number of nitriles is 1. The maximum atomic E-state index is 12.6. The molecule has 1 N–H and O–H groups in total. The van der Waals surface area contributed by atoms with Crippen molar-refractivity contribution in [2.24, 2.45) is 11.8 Å². The highest BCUT2D eigenvalue weighted by atomic mass is 16.3. The number of piperazine rings is 1. The number of likely N-dealkylation sites (tertiary alicyclic amines) is 1. The van der Waals surface area contributed by atoms with Gasteiger partial charge in [0.25, 0.3) is 0 Å². The van der Waals surface area contributed by atoms with Gasteiger partial charge in [-0.1, -0.05) is 13.8 Å². The van der Waals surface area contributed by atoms with Gasteiger partial charge >= 0.3 is 0 Å². The molecule has 2 aliphatic rings. The molecule has 24 heavy (non-hydrogen) atoms. The van der Waals surface area contributed by atoms with Crippen LogP contribution in [0.3, 0.4) is 0 Å². The van der Waals surface area contributed by atoms with Crippen LogP contribution in [0.4, 0.5) is 0 Å². The Balaban J connectivity index is 1.80. The van der Waals surface area contributed by atoms with E-state index in [9.17, 15) is 15.2 Å². The molecule has 2 aliphatic heterocycles. The Morgan fingerprint density at radius 2 is 1.88 bits per heavy atom. The molecule has 2 fully saturated rings. The van der Waals surface area contributed by atoms with Crippen LogP contribution in [-0.2, 0) is 4.79 Å². The average Bonchev–Trinajstić information content (AvgIpc) is 2.56. The van der Waals surface area contributed by atoms with Crippen molar-refractivity contribution in [2.75, 3.05) is 45.8 Å². The molecule has 0 bridgehead atoms. The van der Waals surface area contributed by atoms with Gasteiger partial charge in [-0.2, -0.15) is 5.26 Å². The highest BCUT2D eigenvalue weighted by molar-refractivity contribution is 5.78. The third-order valence-electron chi connectivity index (χ3n) is 5.41. The molecule has 2 heterocycles. The lowest BCUT2D eigenvalue weighted by Crippen LogP contribution is -2.55. The van der Waals surface area contributed by atoms with E-state index in [1.165, 1.54) is 0 Å². The number of carbonyl (C=O) groups is 1. The van der Waals surface area contributed by atoms with Crippen molar-refractivity contribution in [3.63, 3.8) is 0 Å². The minimum atomic E-state index is -0.301. The fourth-order valence-corrected chi connectivity index (χ4v) is 3.82. The average molecular weight is 336 g/mol. The Hall–Kier alpha value is -1.16. The highest BCUT2D eigenvalue weighted by Gasteiger charge is 2.30. The Morgan fingerprint density at radius 3 is 2.42 bits per heavy atom. The van der Waals surface area contributed by atoms with Crippen molar-refractivity contribution in [3.8, 4) is 6.07 Å². The lowest BCUT2D eigenvalue weighted by atomic mass is 9.93. The lowest BCUT2D eigenvalue weighted by Gasteiger charge is -2.39. The van der Waals surface area contributed by atoms with Gasteiger partial charge < -0.3 is 10.0 Å². The lowest BCUT2D eigenvalue weighted by molar-refractivity contribution is -0.135. The zero-order chi connectivity index (χ0) is 17.7. The van der Waals surface area contributed by atoms with Gasteiger partial charge in [0.15, 0.2) is 0 Å². The first kappa shape index (κ1) is 19.2. The molecule has 0 aromatic rings. The van der Waals surface area contributed by atoms with Gasteiger partial charge in [0.2, 0.25) is 5.91 Å². The van der Waals surface area contributed by atoms with E-state index in [2.05, 4.69) is 29.7 Å². The van der Waals surface area contributed by atoms with Crippen LogP contribution >= 0.6 is 0 Å². The first-order chi connectivity index (χ1) is 11.4. The summed E-state index contributed by atoms with van der Waals surface area (Å²) in [6, 6.07) is 2.33. The monoisotopic (exact) mass is 336 g/mol. The van der Waals surface area contributed by atoms with Crippen molar-refractivity contribution in [2.45, 2.75) is 45.8 Å². The predicted octanol–water partition coefficient (Wildman–Crippen LogP) is 0.772. The SMILES string of the molecule is CC(C)C(C#N)N1CCN(C(=O)CN2CCCC(C(C)O)C2)CC1. The second kappa shape index (κ2) is 8.80. The molecule has 0 saturated carbocycles. The number of piperidine rings is 1. The zero-order valence-corrected chi connectivity index (χ0v) is 15.3. The van der Waals surface area contributed by atoms with Crippen molar-refractivity contribution in [1.29, 1.82) is 5.26 Å². The van der Waals surface area contributed by atoms with Crippen LogP contribution in [0.5, 0.6) is 0 Å². The maximum Gasteiger partial charge on any atom is 0.236 e. The molecular weight excluding hydrogens is 304 g/mol. The molecule has 6 nitrogen and oxygen atoms in total. The quantitative estimate of drug-likeness (QED) is 0.803. The normalized spacial score (nSPS) is 26.2. The van der Waals surface area contributed by atoms with Crippen LogP contribution in [0.1, 0.15) is 33.6 Å². The van der Waals surface area contributed by atoms with Crippen LogP contribution in [0.2, 0.25) is 0 Å². The maximum absolute atomic E-state index is 12.6. The van der Waals surface area contributed by atoms with Crippen LogP contribution in [-0.4, -0.2) is 83.7 Å². The number of aliphatic hydroxyl groups is 1. The molecule has 6 heteroatoms. The molecule has 2 rings (SSSR count). The number of aliphatic hydroxyl groups excluding tert-OH is 1. The summed E-state index contributed by atoms with van der Waals surface area (Å²) in [5.74, 6) is 0.771. The largest absolute Gasteiger partial charge is 0.393 e. The molecule has 0 aliphatic carbocycles. The summed E-state index contributed by atoms with van der Waals surface area (Å²) in [4.78, 5) is 18.9. The third kappa shape index (κ3) is 4.92. The van der Waals surface area contributed by atoms with Gasteiger partial charge in [-0.05, 0) is 38.1 Å². The van der Waals surface area contributed by atoms with E-state index in [1.807, 2.05) is 11.8 Å². The molecule has 2 saturated heterocycles. The summed E-state index contributed by atoms with van der Waals surface area (Å²) in [7, 11) is 0. The molecule has 0 aromatic carbocycles. The Bertz CT molecular complexity index is 452. The van der Waals surface area contributed by atoms with E-state index in [0.717, 1.165) is 39.0 Å². The first-order valence-electron chi connectivity index (χ1n) is 9.24. The van der Waals surface area contributed by atoms with Gasteiger partial charge in [-0.3, -0.25) is 14.6 Å². The van der Waals surface area contributed by atoms with Gasteiger partial charge in [0.05, 0.1) is 18.7 Å². The second-order valence-electron chi connectivity index (χ2n) is 7.61. The zero-order valence-electron chi connectivity index (χ0n) is 15.3. The van der Waals surface area contributed by atoms with E-state index < -0.39 is 0 Å². The minimum Gasteiger partial charge on any atom is -0.393 e.